The molecule has 2 N–H and O–H groups in total. The zero-order valence-corrected chi connectivity index (χ0v) is 9.36. The molecule has 0 bridgehead atoms. The Hall–Kier alpha value is -1.52. The molecule has 0 aromatic heterocycles. The van der Waals surface area contributed by atoms with Crippen molar-refractivity contribution >= 4 is 12.1 Å². The van der Waals surface area contributed by atoms with Gasteiger partial charge in [0, 0.05) is 5.92 Å². The van der Waals surface area contributed by atoms with Crippen molar-refractivity contribution in [1.82, 2.24) is 5.32 Å². The van der Waals surface area contributed by atoms with Crippen LogP contribution in [-0.2, 0) is 9.53 Å². The van der Waals surface area contributed by atoms with Crippen molar-refractivity contribution < 1.29 is 19.4 Å². The predicted molar refractivity (Wildman–Crippen MR) is 58.1 cm³/mol. The smallest absolute Gasteiger partial charge is 0.408 e. The van der Waals surface area contributed by atoms with E-state index in [9.17, 15) is 9.59 Å². The van der Waals surface area contributed by atoms with Gasteiger partial charge in [-0.15, -0.1) is 6.58 Å². The standard InChI is InChI=1S/C11H17NO4/c1-3-4-5-8-6-11(8,2)16-10(15)12-7-9(13)14/h3,8H,1,4-7H2,2H3,(H,12,15)(H,13,14). The van der Waals surface area contributed by atoms with Crippen molar-refractivity contribution in [3.05, 3.63) is 12.7 Å². The Balaban J connectivity index is 2.24. The molecule has 1 fully saturated rings. The van der Waals surface area contributed by atoms with Gasteiger partial charge in [-0.25, -0.2) is 4.79 Å². The van der Waals surface area contributed by atoms with Crippen molar-refractivity contribution in [1.29, 1.82) is 0 Å². The van der Waals surface area contributed by atoms with E-state index in [1.54, 1.807) is 0 Å². The average Bonchev–Trinajstić information content (AvgIpc) is 2.83. The maximum atomic E-state index is 11.2. The van der Waals surface area contributed by atoms with Crippen LogP contribution in [0.4, 0.5) is 4.79 Å². The molecule has 2 atom stereocenters. The summed E-state index contributed by atoms with van der Waals surface area (Å²) in [4.78, 5) is 21.4. The van der Waals surface area contributed by atoms with Gasteiger partial charge in [-0.1, -0.05) is 6.08 Å². The lowest BCUT2D eigenvalue weighted by molar-refractivity contribution is -0.135. The van der Waals surface area contributed by atoms with Gasteiger partial charge in [-0.2, -0.15) is 0 Å². The summed E-state index contributed by atoms with van der Waals surface area (Å²) in [7, 11) is 0. The molecular weight excluding hydrogens is 210 g/mol. The number of hydrogen-bond donors (Lipinski definition) is 2. The fourth-order valence-electron chi connectivity index (χ4n) is 1.68. The largest absolute Gasteiger partial charge is 0.480 e. The molecule has 5 heteroatoms. The summed E-state index contributed by atoms with van der Waals surface area (Å²) in [5.41, 5.74) is -0.425. The first-order chi connectivity index (χ1) is 7.48. The minimum Gasteiger partial charge on any atom is -0.480 e. The summed E-state index contributed by atoms with van der Waals surface area (Å²) in [6.07, 6.45) is 3.86. The highest BCUT2D eigenvalue weighted by Crippen LogP contribution is 2.49. The van der Waals surface area contributed by atoms with Gasteiger partial charge < -0.3 is 15.2 Å². The van der Waals surface area contributed by atoms with E-state index in [-0.39, 0.29) is 0 Å². The molecule has 1 aliphatic carbocycles. The summed E-state index contributed by atoms with van der Waals surface area (Å²) in [6.45, 7) is 5.08. The van der Waals surface area contributed by atoms with Gasteiger partial charge >= 0.3 is 12.1 Å². The van der Waals surface area contributed by atoms with Crippen molar-refractivity contribution in [3.8, 4) is 0 Å². The van der Waals surface area contributed by atoms with Gasteiger partial charge in [0.15, 0.2) is 0 Å². The summed E-state index contributed by atoms with van der Waals surface area (Å²) >= 11 is 0. The number of carbonyl (C=O) groups is 2. The van der Waals surface area contributed by atoms with Gasteiger partial charge in [0.1, 0.15) is 12.1 Å². The minimum atomic E-state index is -1.08. The summed E-state index contributed by atoms with van der Waals surface area (Å²) in [5, 5.41) is 10.5. The quantitative estimate of drug-likeness (QED) is 0.675. The first-order valence-electron chi connectivity index (χ1n) is 5.27. The van der Waals surface area contributed by atoms with Crippen LogP contribution in [0.25, 0.3) is 0 Å². The molecule has 0 aliphatic heterocycles. The maximum Gasteiger partial charge on any atom is 0.408 e. The highest BCUT2D eigenvalue weighted by atomic mass is 16.6. The summed E-state index contributed by atoms with van der Waals surface area (Å²) in [6, 6.07) is 0. The fourth-order valence-corrected chi connectivity index (χ4v) is 1.68. The van der Waals surface area contributed by atoms with Crippen molar-refractivity contribution in [2.45, 2.75) is 31.8 Å². The zero-order chi connectivity index (χ0) is 12.2. The third-order valence-electron chi connectivity index (χ3n) is 2.78. The number of allylic oxidation sites excluding steroid dienone is 1. The number of aliphatic carboxylic acids is 1. The Labute approximate surface area is 94.5 Å². The minimum absolute atomic E-state index is 0.362. The normalized spacial score (nSPS) is 26.9. The van der Waals surface area contributed by atoms with E-state index in [1.165, 1.54) is 0 Å². The highest BCUT2D eigenvalue weighted by Gasteiger charge is 2.53. The molecule has 16 heavy (non-hydrogen) atoms. The van der Waals surface area contributed by atoms with Gasteiger partial charge in [0.05, 0.1) is 0 Å². The molecule has 0 aromatic rings. The second kappa shape index (κ2) is 5.01. The van der Waals surface area contributed by atoms with Crippen LogP contribution in [0, 0.1) is 5.92 Å². The third kappa shape index (κ3) is 3.56. The molecule has 2 unspecified atom stereocenters. The molecule has 1 rings (SSSR count). The summed E-state index contributed by atoms with van der Waals surface area (Å²) in [5.74, 6) is -0.720. The topological polar surface area (TPSA) is 75.6 Å². The lowest BCUT2D eigenvalue weighted by atomic mass is 10.2. The molecule has 90 valence electrons. The predicted octanol–water partition coefficient (Wildman–Crippen LogP) is 1.54. The van der Waals surface area contributed by atoms with E-state index in [0.29, 0.717) is 5.92 Å². The van der Waals surface area contributed by atoms with Crippen LogP contribution in [0.1, 0.15) is 26.2 Å². The van der Waals surface area contributed by atoms with Crippen molar-refractivity contribution in [3.63, 3.8) is 0 Å². The number of alkyl carbamates (subject to hydrolysis) is 1. The number of rotatable bonds is 6. The molecular formula is C11H17NO4. The van der Waals surface area contributed by atoms with Gasteiger partial charge in [-0.05, 0) is 26.2 Å². The summed E-state index contributed by atoms with van der Waals surface area (Å²) < 4.78 is 5.16. The Morgan fingerprint density at radius 3 is 2.94 bits per heavy atom. The molecule has 0 heterocycles. The van der Waals surface area contributed by atoms with Crippen LogP contribution in [0.5, 0.6) is 0 Å². The Kier molecular flexibility index (Phi) is 3.93. The molecule has 5 nitrogen and oxygen atoms in total. The molecule has 0 spiro atoms. The zero-order valence-electron chi connectivity index (χ0n) is 9.36. The second-order valence-electron chi connectivity index (χ2n) is 4.22. The molecule has 1 aliphatic rings. The van der Waals surface area contributed by atoms with Gasteiger partial charge in [0.2, 0.25) is 0 Å². The Morgan fingerprint density at radius 2 is 2.38 bits per heavy atom. The third-order valence-corrected chi connectivity index (χ3v) is 2.78. The van der Waals surface area contributed by atoms with E-state index in [0.717, 1.165) is 19.3 Å². The fraction of sp³-hybridized carbons (Fsp3) is 0.636. The average molecular weight is 227 g/mol. The number of carbonyl (C=O) groups excluding carboxylic acids is 1. The van der Waals surface area contributed by atoms with Crippen LogP contribution >= 0.6 is 0 Å². The maximum absolute atomic E-state index is 11.2. The van der Waals surface area contributed by atoms with E-state index < -0.39 is 24.2 Å². The number of nitrogens with one attached hydrogen (secondary N) is 1. The molecule has 0 aromatic carbocycles. The molecule has 0 radical (unpaired) electrons. The van der Waals surface area contributed by atoms with Crippen LogP contribution in [0.3, 0.4) is 0 Å². The monoisotopic (exact) mass is 227 g/mol. The number of carboxylic acid groups (broad SMARTS) is 1. The van der Waals surface area contributed by atoms with Gasteiger partial charge in [-0.3, -0.25) is 4.79 Å². The molecule has 1 amide bonds. The van der Waals surface area contributed by atoms with E-state index in [2.05, 4.69) is 11.9 Å². The number of ether oxygens (including phenoxy) is 1. The lowest BCUT2D eigenvalue weighted by Crippen LogP contribution is -2.33. The second-order valence-corrected chi connectivity index (χ2v) is 4.22. The molecule has 1 saturated carbocycles. The van der Waals surface area contributed by atoms with Gasteiger partial charge in [0.25, 0.3) is 0 Å². The Bertz CT molecular complexity index is 302. The van der Waals surface area contributed by atoms with Crippen LogP contribution in [0.2, 0.25) is 0 Å². The first-order valence-corrected chi connectivity index (χ1v) is 5.27. The number of hydrogen-bond acceptors (Lipinski definition) is 3. The van der Waals surface area contributed by atoms with Crippen molar-refractivity contribution in [2.24, 2.45) is 5.92 Å². The van der Waals surface area contributed by atoms with Crippen molar-refractivity contribution in [2.75, 3.05) is 6.54 Å². The first kappa shape index (κ1) is 12.5. The lowest BCUT2D eigenvalue weighted by Gasteiger charge is -2.13. The van der Waals surface area contributed by atoms with Crippen LogP contribution in [0.15, 0.2) is 12.7 Å². The van der Waals surface area contributed by atoms with E-state index >= 15 is 0 Å². The van der Waals surface area contributed by atoms with Crippen LogP contribution < -0.4 is 5.32 Å². The number of amides is 1. The highest BCUT2D eigenvalue weighted by molar-refractivity contribution is 5.76. The number of carboxylic acids is 1. The van der Waals surface area contributed by atoms with E-state index in [1.807, 2.05) is 13.0 Å². The molecule has 0 saturated heterocycles. The van der Waals surface area contributed by atoms with Crippen LogP contribution in [-0.4, -0.2) is 29.3 Å². The Morgan fingerprint density at radius 1 is 1.69 bits per heavy atom. The van der Waals surface area contributed by atoms with E-state index in [4.69, 9.17) is 9.84 Å². The SMILES string of the molecule is C=CCCC1CC1(C)OC(=O)NCC(=O)O.